The SMILES string of the molecule is CCCCCCCCCCCCCCCCCCCCCCCCC(=O)O[C@H](COC(=O)CCCCCCCCCCCCCCCCCCCCCC)COP(=O)(O)OC[C@@H](O)COP(=O)(O)OC[C@@H](COC(=O)CCCCCCC)OC(=O)CCCCCCCCCCCCC. The number of hydrogen-bond donors (Lipinski definition) is 3. The number of hydrogen-bond acceptors (Lipinski definition) is 15. The lowest BCUT2D eigenvalue weighted by Gasteiger charge is -2.21. The fraction of sp³-hybridized carbons (Fsp3) is 0.949. The van der Waals surface area contributed by atoms with Gasteiger partial charge in [0.05, 0.1) is 26.4 Å². The number of ether oxygens (including phenoxy) is 4. The highest BCUT2D eigenvalue weighted by Gasteiger charge is 2.30. The van der Waals surface area contributed by atoms with Gasteiger partial charge < -0.3 is 33.8 Å². The fourth-order valence-electron chi connectivity index (χ4n) is 12.3. The molecule has 3 N–H and O–H groups in total. The first kappa shape index (κ1) is 96.1. The summed E-state index contributed by atoms with van der Waals surface area (Å²) in [7, 11) is -9.90. The van der Waals surface area contributed by atoms with Gasteiger partial charge in [-0.1, -0.05) is 374 Å². The first-order chi connectivity index (χ1) is 47.7. The lowest BCUT2D eigenvalue weighted by Crippen LogP contribution is -2.30. The normalized spacial score (nSPS) is 13.8. The number of carbonyl (C=O) groups is 4. The highest BCUT2D eigenvalue weighted by atomic mass is 31.2. The Labute approximate surface area is 600 Å². The molecule has 19 heteroatoms. The molecule has 98 heavy (non-hydrogen) atoms. The van der Waals surface area contributed by atoms with Crippen LogP contribution in [0.1, 0.15) is 426 Å². The van der Waals surface area contributed by atoms with Crippen LogP contribution in [0.15, 0.2) is 0 Å². The van der Waals surface area contributed by atoms with E-state index >= 15 is 0 Å². The van der Waals surface area contributed by atoms with Gasteiger partial charge in [0.1, 0.15) is 19.3 Å². The Bertz CT molecular complexity index is 1860. The maximum atomic E-state index is 13.1. The molecule has 0 fully saturated rings. The molecule has 0 heterocycles. The van der Waals surface area contributed by atoms with Crippen LogP contribution >= 0.6 is 15.6 Å². The minimum atomic E-state index is -4.96. The Hall–Kier alpha value is -1.94. The van der Waals surface area contributed by atoms with Gasteiger partial charge in [0.25, 0.3) is 0 Å². The average molecular weight is 1440 g/mol. The number of phosphoric ester groups is 2. The van der Waals surface area contributed by atoms with Crippen LogP contribution < -0.4 is 0 Å². The van der Waals surface area contributed by atoms with E-state index in [0.717, 1.165) is 96.3 Å². The van der Waals surface area contributed by atoms with Crippen molar-refractivity contribution in [3.05, 3.63) is 0 Å². The average Bonchev–Trinajstić information content (AvgIpc) is 1.25. The lowest BCUT2D eigenvalue weighted by atomic mass is 10.0. The molecule has 0 spiro atoms. The lowest BCUT2D eigenvalue weighted by molar-refractivity contribution is -0.161. The van der Waals surface area contributed by atoms with Gasteiger partial charge in [0.2, 0.25) is 0 Å². The third-order valence-corrected chi connectivity index (χ3v) is 20.5. The minimum absolute atomic E-state index is 0.107. The molecule has 0 bridgehead atoms. The van der Waals surface area contributed by atoms with Gasteiger partial charge in [-0.15, -0.1) is 0 Å². The standard InChI is InChI=1S/C79H154O17P2/c1-5-9-13-17-20-23-26-28-30-32-34-36-37-39-41-43-45-48-51-54-58-62-66-79(84)96-75(70-90-77(82)64-60-56-52-49-47-44-42-40-38-35-33-31-29-27-24-21-18-14-10-6-2)72-94-98(87,88)92-68-73(80)67-91-97(85,86)93-71-74(69-89-76(81)63-59-55-16-12-8-4)95-78(83)65-61-57-53-50-46-25-22-19-15-11-7-3/h73-75,80H,5-72H2,1-4H3,(H,85,86)(H,87,88)/t73-,74+,75+/m0/s1. The number of aliphatic hydroxyl groups excluding tert-OH is 1. The molecule has 17 nitrogen and oxygen atoms in total. The predicted molar refractivity (Wildman–Crippen MR) is 400 cm³/mol. The van der Waals surface area contributed by atoms with E-state index in [4.69, 9.17) is 37.0 Å². The molecular formula is C79H154O17P2. The third kappa shape index (κ3) is 72.4. The molecule has 0 amide bonds. The van der Waals surface area contributed by atoms with Crippen LogP contribution in [0.4, 0.5) is 0 Å². The van der Waals surface area contributed by atoms with Crippen LogP contribution in [0.25, 0.3) is 0 Å². The maximum absolute atomic E-state index is 13.1. The van der Waals surface area contributed by atoms with E-state index < -0.39 is 97.5 Å². The molecular weight excluding hydrogens is 1280 g/mol. The van der Waals surface area contributed by atoms with Crippen molar-refractivity contribution in [1.82, 2.24) is 0 Å². The van der Waals surface area contributed by atoms with Gasteiger partial charge in [-0.25, -0.2) is 9.13 Å². The summed E-state index contributed by atoms with van der Waals surface area (Å²) in [5.74, 6) is -2.12. The van der Waals surface area contributed by atoms with Crippen molar-refractivity contribution in [2.75, 3.05) is 39.6 Å². The number of rotatable bonds is 80. The summed E-state index contributed by atoms with van der Waals surface area (Å²) in [4.78, 5) is 72.6. The van der Waals surface area contributed by atoms with Crippen molar-refractivity contribution < 1.29 is 80.2 Å². The highest BCUT2D eigenvalue weighted by molar-refractivity contribution is 7.47. The Morgan fingerprint density at radius 3 is 0.602 bits per heavy atom. The van der Waals surface area contributed by atoms with Gasteiger partial charge in [0.15, 0.2) is 12.2 Å². The van der Waals surface area contributed by atoms with Crippen molar-refractivity contribution in [1.29, 1.82) is 0 Å². The summed E-state index contributed by atoms with van der Waals surface area (Å²) in [6.45, 7) is 4.90. The zero-order valence-electron chi connectivity index (χ0n) is 63.8. The van der Waals surface area contributed by atoms with E-state index in [1.807, 2.05) is 0 Å². The van der Waals surface area contributed by atoms with Gasteiger partial charge in [0, 0.05) is 25.7 Å². The van der Waals surface area contributed by atoms with E-state index in [0.29, 0.717) is 25.7 Å². The molecule has 0 radical (unpaired) electrons. The second-order valence-electron chi connectivity index (χ2n) is 28.5. The van der Waals surface area contributed by atoms with Gasteiger partial charge >= 0.3 is 39.5 Å². The molecule has 2 unspecified atom stereocenters. The van der Waals surface area contributed by atoms with Crippen LogP contribution in [-0.4, -0.2) is 96.7 Å². The van der Waals surface area contributed by atoms with E-state index in [1.54, 1.807) is 0 Å². The Kier molecular flexibility index (Phi) is 71.9. The second-order valence-corrected chi connectivity index (χ2v) is 31.4. The van der Waals surface area contributed by atoms with Crippen molar-refractivity contribution >= 4 is 39.5 Å². The number of aliphatic hydroxyl groups is 1. The summed E-state index contributed by atoms with van der Waals surface area (Å²) in [5.41, 5.74) is 0. The van der Waals surface area contributed by atoms with Gasteiger partial charge in [-0.3, -0.25) is 37.3 Å². The van der Waals surface area contributed by atoms with Crippen molar-refractivity contribution in [2.45, 2.75) is 444 Å². The van der Waals surface area contributed by atoms with Crippen molar-refractivity contribution in [2.24, 2.45) is 0 Å². The monoisotopic (exact) mass is 1440 g/mol. The molecule has 5 atom stereocenters. The zero-order chi connectivity index (χ0) is 71.8. The zero-order valence-corrected chi connectivity index (χ0v) is 65.6. The largest absolute Gasteiger partial charge is 0.472 e. The summed E-state index contributed by atoms with van der Waals surface area (Å²) in [6.07, 6.45) is 65.9. The predicted octanol–water partition coefficient (Wildman–Crippen LogP) is 23.8. The molecule has 0 aliphatic rings. The van der Waals surface area contributed by atoms with E-state index in [9.17, 15) is 43.2 Å². The van der Waals surface area contributed by atoms with E-state index in [1.165, 1.54) is 250 Å². The molecule has 0 aromatic carbocycles. The van der Waals surface area contributed by atoms with E-state index in [2.05, 4.69) is 27.7 Å². The highest BCUT2D eigenvalue weighted by Crippen LogP contribution is 2.45. The number of unbranched alkanes of at least 4 members (excludes halogenated alkanes) is 54. The summed E-state index contributed by atoms with van der Waals surface area (Å²) in [5, 5.41) is 10.6. The van der Waals surface area contributed by atoms with Crippen molar-refractivity contribution in [3.63, 3.8) is 0 Å². The number of esters is 4. The van der Waals surface area contributed by atoms with Crippen LogP contribution in [-0.2, 0) is 65.4 Å². The first-order valence-electron chi connectivity index (χ1n) is 41.3. The van der Waals surface area contributed by atoms with Crippen molar-refractivity contribution in [3.8, 4) is 0 Å². The quantitative estimate of drug-likeness (QED) is 0.0222. The van der Waals surface area contributed by atoms with Crippen LogP contribution in [0.5, 0.6) is 0 Å². The van der Waals surface area contributed by atoms with Crippen LogP contribution in [0.2, 0.25) is 0 Å². The molecule has 582 valence electrons. The molecule has 0 aromatic heterocycles. The smallest absolute Gasteiger partial charge is 0.462 e. The fourth-order valence-corrected chi connectivity index (χ4v) is 13.9. The maximum Gasteiger partial charge on any atom is 0.472 e. The van der Waals surface area contributed by atoms with Gasteiger partial charge in [-0.05, 0) is 25.7 Å². The summed E-state index contributed by atoms with van der Waals surface area (Å²) >= 11 is 0. The second kappa shape index (κ2) is 73.4. The molecule has 0 aromatic rings. The third-order valence-electron chi connectivity index (χ3n) is 18.6. The number of phosphoric acid groups is 2. The minimum Gasteiger partial charge on any atom is -0.462 e. The summed E-state index contributed by atoms with van der Waals surface area (Å²) < 4.78 is 68.3. The van der Waals surface area contributed by atoms with Gasteiger partial charge in [-0.2, -0.15) is 0 Å². The molecule has 0 aliphatic carbocycles. The summed E-state index contributed by atoms with van der Waals surface area (Å²) in [6, 6.07) is 0. The Morgan fingerprint density at radius 1 is 0.245 bits per heavy atom. The molecule has 0 saturated carbocycles. The number of carbonyl (C=O) groups excluding carboxylic acids is 4. The molecule has 0 saturated heterocycles. The van der Waals surface area contributed by atoms with Crippen LogP contribution in [0, 0.1) is 0 Å². The topological polar surface area (TPSA) is 237 Å². The van der Waals surface area contributed by atoms with Crippen LogP contribution in [0.3, 0.4) is 0 Å². The molecule has 0 rings (SSSR count). The first-order valence-corrected chi connectivity index (χ1v) is 44.3. The van der Waals surface area contributed by atoms with E-state index in [-0.39, 0.29) is 25.7 Å². The molecule has 0 aliphatic heterocycles. The Morgan fingerprint density at radius 2 is 0.408 bits per heavy atom. The Balaban J connectivity index is 5.09.